The maximum Gasteiger partial charge on any atom is 0.436 e. The van der Waals surface area contributed by atoms with Crippen molar-refractivity contribution in [1.29, 1.82) is 0 Å². The number of allylic oxidation sites excluding steroid dienone is 2. The monoisotopic (exact) mass is 240 g/mol. The first-order valence-corrected chi connectivity index (χ1v) is 4.63. The maximum atomic E-state index is 12.3. The minimum Gasteiger partial charge on any atom is -0.326 e. The fourth-order valence-electron chi connectivity index (χ4n) is 1.17. The predicted octanol–water partition coefficient (Wildman–Crippen LogP) is 1.35. The number of alkyl halides is 3. The number of rotatable bonds is 2. The van der Waals surface area contributed by atoms with Crippen LogP contribution in [0.1, 0.15) is 5.69 Å². The highest BCUT2D eigenvalue weighted by molar-refractivity contribution is 5.59. The number of hydrogen-bond donors (Lipinski definition) is 1. The molecule has 1 aliphatic rings. The fraction of sp³-hybridized carbons (Fsp3) is 0.200. The summed E-state index contributed by atoms with van der Waals surface area (Å²) in [5.74, 6) is 0. The SMILES string of the molecule is NCC1=C=C=C(n2cc(C(F)(F)F)nn2)C=C1. The van der Waals surface area contributed by atoms with Gasteiger partial charge in [0.05, 0.1) is 6.20 Å². The van der Waals surface area contributed by atoms with Crippen LogP contribution in [0, 0.1) is 0 Å². The Hall–Kier alpha value is -2.07. The standard InChI is InChI=1S/C10H7F3N4/c11-10(12,13)9-6-17(16-15-9)8-3-1-7(5-14)2-4-8/h1,3,6H,5,14H2. The van der Waals surface area contributed by atoms with E-state index in [1.165, 1.54) is 0 Å². The van der Waals surface area contributed by atoms with Gasteiger partial charge in [-0.15, -0.1) is 5.10 Å². The van der Waals surface area contributed by atoms with Gasteiger partial charge in [0.2, 0.25) is 0 Å². The summed E-state index contributed by atoms with van der Waals surface area (Å²) in [5, 5.41) is 6.41. The molecule has 88 valence electrons. The van der Waals surface area contributed by atoms with E-state index in [2.05, 4.69) is 21.8 Å². The topological polar surface area (TPSA) is 56.7 Å². The first-order valence-electron chi connectivity index (χ1n) is 4.63. The first-order chi connectivity index (χ1) is 8.00. The van der Waals surface area contributed by atoms with E-state index in [0.717, 1.165) is 10.9 Å². The van der Waals surface area contributed by atoms with Gasteiger partial charge >= 0.3 is 6.18 Å². The lowest BCUT2D eigenvalue weighted by atomic mass is 10.2. The van der Waals surface area contributed by atoms with Crippen molar-refractivity contribution < 1.29 is 13.2 Å². The van der Waals surface area contributed by atoms with Crippen LogP contribution < -0.4 is 5.73 Å². The van der Waals surface area contributed by atoms with Crippen molar-refractivity contribution in [2.75, 3.05) is 6.54 Å². The smallest absolute Gasteiger partial charge is 0.326 e. The second-order valence-corrected chi connectivity index (χ2v) is 3.24. The molecule has 2 rings (SSSR count). The van der Waals surface area contributed by atoms with Crippen LogP contribution in [-0.4, -0.2) is 21.5 Å². The Kier molecular flexibility index (Phi) is 2.73. The summed E-state index contributed by atoms with van der Waals surface area (Å²) in [7, 11) is 0. The highest BCUT2D eigenvalue weighted by Gasteiger charge is 2.34. The number of nitrogens with zero attached hydrogens (tertiary/aromatic N) is 3. The van der Waals surface area contributed by atoms with E-state index in [0.29, 0.717) is 17.8 Å². The van der Waals surface area contributed by atoms with Crippen LogP contribution >= 0.6 is 0 Å². The molecule has 2 N–H and O–H groups in total. The van der Waals surface area contributed by atoms with E-state index < -0.39 is 11.9 Å². The van der Waals surface area contributed by atoms with Crippen LogP contribution in [0.3, 0.4) is 0 Å². The normalized spacial score (nSPS) is 14.8. The third-order valence-electron chi connectivity index (χ3n) is 2.04. The number of hydrogen-bond acceptors (Lipinski definition) is 3. The summed E-state index contributed by atoms with van der Waals surface area (Å²) in [6.45, 7) is 0.294. The summed E-state index contributed by atoms with van der Waals surface area (Å²) >= 11 is 0. The second kappa shape index (κ2) is 4.07. The van der Waals surface area contributed by atoms with Crippen LogP contribution in [0.25, 0.3) is 5.70 Å². The van der Waals surface area contributed by atoms with Crippen LogP contribution in [0.4, 0.5) is 13.2 Å². The third kappa shape index (κ3) is 2.37. The van der Waals surface area contributed by atoms with Gasteiger partial charge in [-0.3, -0.25) is 0 Å². The van der Waals surface area contributed by atoms with Gasteiger partial charge < -0.3 is 5.73 Å². The number of halogens is 3. The Labute approximate surface area is 94.2 Å². The zero-order chi connectivity index (χ0) is 12.5. The van der Waals surface area contributed by atoms with E-state index >= 15 is 0 Å². The first kappa shape index (κ1) is 11.4. The van der Waals surface area contributed by atoms with Gasteiger partial charge in [-0.2, -0.15) is 13.2 Å². The molecule has 0 amide bonds. The zero-order valence-electron chi connectivity index (χ0n) is 8.49. The molecule has 1 aliphatic carbocycles. The minimum absolute atomic E-state index is 0.294. The lowest BCUT2D eigenvalue weighted by molar-refractivity contribution is -0.141. The number of aromatic nitrogens is 3. The molecule has 0 fully saturated rings. The van der Waals surface area contributed by atoms with Crippen LogP contribution in [0.15, 0.2) is 35.4 Å². The molecule has 0 unspecified atom stereocenters. The quantitative estimate of drug-likeness (QED) is 0.794. The van der Waals surface area contributed by atoms with Crippen molar-refractivity contribution in [3.8, 4) is 0 Å². The molecule has 0 radical (unpaired) electrons. The van der Waals surface area contributed by atoms with Crippen molar-refractivity contribution in [3.05, 3.63) is 41.1 Å². The van der Waals surface area contributed by atoms with E-state index in [1.54, 1.807) is 12.2 Å². The zero-order valence-corrected chi connectivity index (χ0v) is 8.49. The molecular weight excluding hydrogens is 233 g/mol. The lowest BCUT2D eigenvalue weighted by Gasteiger charge is -2.01. The Morgan fingerprint density at radius 2 is 2.06 bits per heavy atom. The molecule has 0 bridgehead atoms. The molecule has 17 heavy (non-hydrogen) atoms. The second-order valence-electron chi connectivity index (χ2n) is 3.24. The Morgan fingerprint density at radius 1 is 1.29 bits per heavy atom. The molecule has 1 heterocycles. The Bertz CT molecular complexity index is 567. The lowest BCUT2D eigenvalue weighted by Crippen LogP contribution is -2.05. The molecule has 0 spiro atoms. The molecule has 0 atom stereocenters. The van der Waals surface area contributed by atoms with Crippen LogP contribution in [-0.2, 0) is 6.18 Å². The van der Waals surface area contributed by atoms with Gasteiger partial charge in [-0.1, -0.05) is 10.9 Å². The summed E-state index contributed by atoms with van der Waals surface area (Å²) in [6.07, 6.45) is -0.519. The summed E-state index contributed by atoms with van der Waals surface area (Å²) in [4.78, 5) is 0. The van der Waals surface area contributed by atoms with Crippen molar-refractivity contribution in [2.45, 2.75) is 6.18 Å². The van der Waals surface area contributed by atoms with E-state index in [4.69, 9.17) is 5.73 Å². The molecular formula is C10H7F3N4. The molecule has 0 aliphatic heterocycles. The Morgan fingerprint density at radius 3 is 2.53 bits per heavy atom. The maximum absolute atomic E-state index is 12.3. The summed E-state index contributed by atoms with van der Waals surface area (Å²) in [5.41, 5.74) is 10.7. The van der Waals surface area contributed by atoms with Gasteiger partial charge in [-0.25, -0.2) is 4.68 Å². The highest BCUT2D eigenvalue weighted by atomic mass is 19.4. The largest absolute Gasteiger partial charge is 0.436 e. The van der Waals surface area contributed by atoms with Crippen LogP contribution in [0.2, 0.25) is 0 Å². The van der Waals surface area contributed by atoms with Crippen molar-refractivity contribution in [3.63, 3.8) is 0 Å². The molecule has 7 heteroatoms. The summed E-state index contributed by atoms with van der Waals surface area (Å²) < 4.78 is 37.8. The van der Waals surface area contributed by atoms with Gasteiger partial charge in [0, 0.05) is 12.1 Å². The molecule has 0 saturated carbocycles. The summed E-state index contributed by atoms with van der Waals surface area (Å²) in [6, 6.07) is 0. The molecule has 4 nitrogen and oxygen atoms in total. The predicted molar refractivity (Wildman–Crippen MR) is 53.5 cm³/mol. The average molecular weight is 240 g/mol. The average Bonchev–Trinajstić information content (AvgIpc) is 2.78. The van der Waals surface area contributed by atoms with Crippen molar-refractivity contribution in [2.24, 2.45) is 5.73 Å². The third-order valence-corrected chi connectivity index (χ3v) is 2.04. The van der Waals surface area contributed by atoms with E-state index in [9.17, 15) is 13.2 Å². The van der Waals surface area contributed by atoms with Gasteiger partial charge in [0.15, 0.2) is 5.69 Å². The van der Waals surface area contributed by atoms with Gasteiger partial charge in [0.25, 0.3) is 0 Å². The molecule has 0 saturated heterocycles. The van der Waals surface area contributed by atoms with Gasteiger partial charge in [-0.05, 0) is 17.9 Å². The van der Waals surface area contributed by atoms with Crippen molar-refractivity contribution >= 4 is 5.70 Å². The highest BCUT2D eigenvalue weighted by Crippen LogP contribution is 2.27. The molecule has 1 aromatic heterocycles. The fourth-order valence-corrected chi connectivity index (χ4v) is 1.17. The van der Waals surface area contributed by atoms with Gasteiger partial charge in [0.1, 0.15) is 5.70 Å². The van der Waals surface area contributed by atoms with Crippen molar-refractivity contribution in [1.82, 2.24) is 15.0 Å². The molecule has 0 aromatic carbocycles. The van der Waals surface area contributed by atoms with Crippen LogP contribution in [0.5, 0.6) is 0 Å². The minimum atomic E-state index is -4.50. The van der Waals surface area contributed by atoms with E-state index in [1.807, 2.05) is 0 Å². The Balaban J connectivity index is 2.39. The molecule has 1 aromatic rings. The number of nitrogens with two attached hydrogens (primary N) is 1. The van der Waals surface area contributed by atoms with E-state index in [-0.39, 0.29) is 0 Å².